The lowest BCUT2D eigenvalue weighted by molar-refractivity contribution is 0.0977. The van der Waals surface area contributed by atoms with Crippen LogP contribution in [-0.2, 0) is 0 Å². The van der Waals surface area contributed by atoms with Crippen LogP contribution in [0.2, 0.25) is 0 Å². The molecule has 2 aliphatic heterocycles. The standard InChI is InChI=1S/C10H18N4O2/c15-11-13-5-1-9(2-6-13)10-3-7-14(12-16)8-4-10/h9-10H,1-8H2. The predicted molar refractivity (Wildman–Crippen MR) is 60.2 cm³/mol. The van der Waals surface area contributed by atoms with Crippen molar-refractivity contribution in [1.29, 1.82) is 0 Å². The molecule has 0 atom stereocenters. The van der Waals surface area contributed by atoms with E-state index in [4.69, 9.17) is 0 Å². The van der Waals surface area contributed by atoms with Crippen molar-refractivity contribution in [2.24, 2.45) is 22.4 Å². The Morgan fingerprint density at radius 2 is 1.00 bits per heavy atom. The van der Waals surface area contributed by atoms with E-state index < -0.39 is 0 Å². The number of hydrogen-bond donors (Lipinski definition) is 0. The maximum absolute atomic E-state index is 10.3. The van der Waals surface area contributed by atoms with Gasteiger partial charge in [0.15, 0.2) is 0 Å². The van der Waals surface area contributed by atoms with Gasteiger partial charge in [-0.15, -0.1) is 9.81 Å². The van der Waals surface area contributed by atoms with Crippen molar-refractivity contribution < 1.29 is 0 Å². The summed E-state index contributed by atoms with van der Waals surface area (Å²) in [6, 6.07) is 0. The van der Waals surface area contributed by atoms with Crippen molar-refractivity contribution in [2.45, 2.75) is 25.7 Å². The van der Waals surface area contributed by atoms with Crippen molar-refractivity contribution in [1.82, 2.24) is 10.0 Å². The summed E-state index contributed by atoms with van der Waals surface area (Å²) < 4.78 is 0. The summed E-state index contributed by atoms with van der Waals surface area (Å²) >= 11 is 0. The van der Waals surface area contributed by atoms with Crippen LogP contribution < -0.4 is 0 Å². The van der Waals surface area contributed by atoms with Crippen LogP contribution in [0, 0.1) is 21.6 Å². The van der Waals surface area contributed by atoms with Crippen LogP contribution in [0.5, 0.6) is 0 Å². The first-order valence-electron chi connectivity index (χ1n) is 6.00. The molecule has 2 fully saturated rings. The van der Waals surface area contributed by atoms with Crippen molar-refractivity contribution in [3.8, 4) is 0 Å². The number of nitrogens with zero attached hydrogens (tertiary/aromatic N) is 4. The molecule has 2 heterocycles. The highest BCUT2D eigenvalue weighted by molar-refractivity contribution is 4.80. The minimum Gasteiger partial charge on any atom is -0.261 e. The van der Waals surface area contributed by atoms with E-state index in [-0.39, 0.29) is 0 Å². The Kier molecular flexibility index (Phi) is 3.69. The molecule has 0 saturated carbocycles. The molecule has 0 aromatic heterocycles. The van der Waals surface area contributed by atoms with E-state index in [0.29, 0.717) is 11.8 Å². The maximum atomic E-state index is 10.3. The van der Waals surface area contributed by atoms with E-state index in [1.165, 1.54) is 0 Å². The molecule has 6 heteroatoms. The fraction of sp³-hybridized carbons (Fsp3) is 1.00. The SMILES string of the molecule is O=NN1CCC(C2CCN(N=O)CC2)CC1. The number of rotatable bonds is 3. The second-order valence-corrected chi connectivity index (χ2v) is 4.75. The fourth-order valence-corrected chi connectivity index (χ4v) is 2.88. The molecule has 0 bridgehead atoms. The Morgan fingerprint density at radius 3 is 1.25 bits per heavy atom. The zero-order valence-electron chi connectivity index (χ0n) is 9.42. The zero-order valence-corrected chi connectivity index (χ0v) is 9.42. The molecule has 6 nitrogen and oxygen atoms in total. The Hall–Kier alpha value is -1.20. The molecule has 0 aromatic carbocycles. The van der Waals surface area contributed by atoms with Crippen LogP contribution in [0.4, 0.5) is 0 Å². The molecule has 0 aliphatic carbocycles. The van der Waals surface area contributed by atoms with Gasteiger partial charge in [0, 0.05) is 26.2 Å². The largest absolute Gasteiger partial charge is 0.261 e. The average Bonchev–Trinajstić information content (AvgIpc) is 2.39. The lowest BCUT2D eigenvalue weighted by atomic mass is 9.79. The van der Waals surface area contributed by atoms with Crippen molar-refractivity contribution >= 4 is 0 Å². The van der Waals surface area contributed by atoms with Crippen LogP contribution in [0.1, 0.15) is 25.7 Å². The molecule has 0 spiro atoms. The van der Waals surface area contributed by atoms with Gasteiger partial charge in [0.05, 0.1) is 10.6 Å². The Balaban J connectivity index is 1.77. The van der Waals surface area contributed by atoms with Crippen LogP contribution >= 0.6 is 0 Å². The summed E-state index contributed by atoms with van der Waals surface area (Å²) in [5.74, 6) is 1.40. The van der Waals surface area contributed by atoms with E-state index in [2.05, 4.69) is 10.6 Å². The molecule has 2 saturated heterocycles. The molecule has 0 amide bonds. The second kappa shape index (κ2) is 5.23. The topological polar surface area (TPSA) is 65.3 Å². The van der Waals surface area contributed by atoms with Crippen LogP contribution in [-0.4, -0.2) is 36.2 Å². The van der Waals surface area contributed by atoms with Gasteiger partial charge >= 0.3 is 0 Å². The second-order valence-electron chi connectivity index (χ2n) is 4.75. The molecule has 0 unspecified atom stereocenters. The lowest BCUT2D eigenvalue weighted by Gasteiger charge is -2.37. The van der Waals surface area contributed by atoms with Gasteiger partial charge < -0.3 is 0 Å². The van der Waals surface area contributed by atoms with Crippen LogP contribution in [0.15, 0.2) is 10.6 Å². The van der Waals surface area contributed by atoms with E-state index in [1.54, 1.807) is 10.0 Å². The lowest BCUT2D eigenvalue weighted by Crippen LogP contribution is -2.37. The van der Waals surface area contributed by atoms with Gasteiger partial charge in [0.2, 0.25) is 0 Å². The highest BCUT2D eigenvalue weighted by atomic mass is 16.3. The third kappa shape index (κ3) is 2.48. The molecule has 0 N–H and O–H groups in total. The Morgan fingerprint density at radius 1 is 0.688 bits per heavy atom. The minimum absolute atomic E-state index is 0.701. The smallest absolute Gasteiger partial charge is 0.0523 e. The van der Waals surface area contributed by atoms with Gasteiger partial charge in [-0.05, 0) is 37.5 Å². The summed E-state index contributed by atoms with van der Waals surface area (Å²) in [7, 11) is 0. The van der Waals surface area contributed by atoms with E-state index in [1.807, 2.05) is 0 Å². The molecular formula is C10H18N4O2. The number of hydrogen-bond acceptors (Lipinski definition) is 4. The molecule has 2 aliphatic rings. The fourth-order valence-electron chi connectivity index (χ4n) is 2.88. The van der Waals surface area contributed by atoms with Crippen molar-refractivity contribution in [2.75, 3.05) is 26.2 Å². The normalized spacial score (nSPS) is 24.5. The summed E-state index contributed by atoms with van der Waals surface area (Å²) in [6.45, 7) is 3.17. The first-order chi connectivity index (χ1) is 7.83. The third-order valence-corrected chi connectivity index (χ3v) is 3.93. The van der Waals surface area contributed by atoms with E-state index >= 15 is 0 Å². The first kappa shape index (κ1) is 11.3. The minimum atomic E-state index is 0.701. The molecule has 90 valence electrons. The molecule has 16 heavy (non-hydrogen) atoms. The Bertz CT molecular complexity index is 219. The molecular weight excluding hydrogens is 208 g/mol. The molecule has 2 rings (SSSR count). The van der Waals surface area contributed by atoms with E-state index in [9.17, 15) is 9.81 Å². The summed E-state index contributed by atoms with van der Waals surface area (Å²) in [4.78, 5) is 20.7. The quantitative estimate of drug-likeness (QED) is 0.688. The first-order valence-corrected chi connectivity index (χ1v) is 6.00. The summed E-state index contributed by atoms with van der Waals surface area (Å²) in [6.07, 6.45) is 4.24. The summed E-state index contributed by atoms with van der Waals surface area (Å²) in [5.41, 5.74) is 0. The van der Waals surface area contributed by atoms with Gasteiger partial charge in [-0.3, -0.25) is 10.0 Å². The van der Waals surface area contributed by atoms with Gasteiger partial charge in [-0.25, -0.2) is 0 Å². The van der Waals surface area contributed by atoms with Crippen LogP contribution in [0.3, 0.4) is 0 Å². The van der Waals surface area contributed by atoms with Crippen molar-refractivity contribution in [3.05, 3.63) is 9.81 Å². The van der Waals surface area contributed by atoms with Gasteiger partial charge in [0.25, 0.3) is 0 Å². The average molecular weight is 226 g/mol. The number of nitroso groups, excluding NO2 is 2. The highest BCUT2D eigenvalue weighted by Gasteiger charge is 2.29. The van der Waals surface area contributed by atoms with Crippen molar-refractivity contribution in [3.63, 3.8) is 0 Å². The van der Waals surface area contributed by atoms with E-state index in [0.717, 1.165) is 51.9 Å². The third-order valence-electron chi connectivity index (χ3n) is 3.93. The van der Waals surface area contributed by atoms with Gasteiger partial charge in [-0.1, -0.05) is 0 Å². The Labute approximate surface area is 94.9 Å². The number of piperidine rings is 2. The highest BCUT2D eigenvalue weighted by Crippen LogP contribution is 2.32. The zero-order chi connectivity index (χ0) is 11.4. The van der Waals surface area contributed by atoms with Crippen LogP contribution in [0.25, 0.3) is 0 Å². The maximum Gasteiger partial charge on any atom is 0.0523 e. The summed E-state index contributed by atoms with van der Waals surface area (Å²) in [5, 5.41) is 9.16. The molecule has 0 aromatic rings. The van der Waals surface area contributed by atoms with Gasteiger partial charge in [0.1, 0.15) is 0 Å². The predicted octanol–water partition coefficient (Wildman–Crippen LogP) is 1.77. The monoisotopic (exact) mass is 226 g/mol. The van der Waals surface area contributed by atoms with Gasteiger partial charge in [-0.2, -0.15) is 0 Å². The molecule has 0 radical (unpaired) electrons.